The van der Waals surface area contributed by atoms with E-state index in [0.717, 1.165) is 10.0 Å². The van der Waals surface area contributed by atoms with Crippen LogP contribution in [0.5, 0.6) is 11.5 Å². The zero-order valence-corrected chi connectivity index (χ0v) is 10.9. The van der Waals surface area contributed by atoms with Crippen LogP contribution in [0.25, 0.3) is 0 Å². The zero-order chi connectivity index (χ0) is 10.6. The molecule has 1 aromatic carbocycles. The van der Waals surface area contributed by atoms with Crippen LogP contribution in [0.4, 0.5) is 0 Å². The van der Waals surface area contributed by atoms with E-state index in [1.54, 1.807) is 14.2 Å². The summed E-state index contributed by atoms with van der Waals surface area (Å²) in [4.78, 5) is 0. The Kier molecular flexibility index (Phi) is 6.67. The van der Waals surface area contributed by atoms with Crippen molar-refractivity contribution >= 4 is 15.9 Å². The molecule has 86 valence electrons. The number of ether oxygens (including phenoxy) is 2. The Labute approximate surface area is 104 Å². The molecule has 0 aliphatic rings. The normalized spacial score (nSPS) is 9.33. The Balaban J connectivity index is 0.00000196. The van der Waals surface area contributed by atoms with Gasteiger partial charge in [-0.15, -0.1) is 0 Å². The molecule has 3 N–H and O–H groups in total. The Bertz CT molecular complexity index is 323. The number of methoxy groups -OCH3 is 2. The van der Waals surface area contributed by atoms with Crippen molar-refractivity contribution in [3.63, 3.8) is 0 Å². The highest BCUT2D eigenvalue weighted by Gasteiger charge is 2.08. The van der Waals surface area contributed by atoms with Crippen LogP contribution >= 0.6 is 15.9 Å². The van der Waals surface area contributed by atoms with E-state index in [1.165, 1.54) is 0 Å². The fourth-order valence-electron chi connectivity index (χ4n) is 1.14. The predicted octanol–water partition coefficient (Wildman–Crippen LogP) is -1.57. The minimum Gasteiger partial charge on any atom is -1.00 e. The number of hydrazine groups is 1. The van der Waals surface area contributed by atoms with E-state index in [2.05, 4.69) is 21.4 Å². The third-order valence-corrected chi connectivity index (χ3v) is 2.58. The summed E-state index contributed by atoms with van der Waals surface area (Å²) in [5.74, 6) is 6.64. The van der Waals surface area contributed by atoms with E-state index in [-0.39, 0.29) is 12.4 Å². The predicted molar refractivity (Wildman–Crippen MR) is 58.3 cm³/mol. The van der Waals surface area contributed by atoms with Crippen LogP contribution in [0, 0.1) is 0 Å². The zero-order valence-electron chi connectivity index (χ0n) is 8.51. The maximum absolute atomic E-state index is 5.25. The second-order valence-electron chi connectivity index (χ2n) is 2.68. The number of nitrogens with one attached hydrogen (secondary N) is 1. The lowest BCUT2D eigenvalue weighted by atomic mass is 10.2. The molecule has 1 rings (SSSR count). The lowest BCUT2D eigenvalue weighted by Gasteiger charge is -2.11. The summed E-state index contributed by atoms with van der Waals surface area (Å²) >= 11 is 3.42. The monoisotopic (exact) mass is 295 g/mol. The fraction of sp³-hybridized carbons (Fsp3) is 0.333. The molecule has 6 heteroatoms. The maximum Gasteiger partial charge on any atom is 0.161 e. The van der Waals surface area contributed by atoms with Gasteiger partial charge in [0, 0.05) is 11.0 Å². The smallest absolute Gasteiger partial charge is 0.161 e. The van der Waals surface area contributed by atoms with Crippen molar-refractivity contribution < 1.29 is 21.9 Å². The van der Waals surface area contributed by atoms with E-state index in [9.17, 15) is 0 Å². The minimum atomic E-state index is 0. The van der Waals surface area contributed by atoms with Gasteiger partial charge in [0.15, 0.2) is 11.5 Å². The lowest BCUT2D eigenvalue weighted by Crippen LogP contribution is -3.00. The second-order valence-corrected chi connectivity index (χ2v) is 3.53. The molecule has 1 aromatic rings. The van der Waals surface area contributed by atoms with Gasteiger partial charge >= 0.3 is 0 Å². The van der Waals surface area contributed by atoms with Gasteiger partial charge in [-0.05, 0) is 17.7 Å². The summed E-state index contributed by atoms with van der Waals surface area (Å²) in [7, 11) is 3.20. The summed E-state index contributed by atoms with van der Waals surface area (Å²) in [6.07, 6.45) is 0. The average Bonchev–Trinajstić information content (AvgIpc) is 2.20. The summed E-state index contributed by atoms with van der Waals surface area (Å²) in [6.45, 7) is 0.570. The molecule has 0 atom stereocenters. The molecule has 0 radical (unpaired) electrons. The number of rotatable bonds is 4. The van der Waals surface area contributed by atoms with Gasteiger partial charge in [0.1, 0.15) is 0 Å². The van der Waals surface area contributed by atoms with Crippen LogP contribution in [0.3, 0.4) is 0 Å². The Hall–Kier alpha value is -0.490. The molecule has 15 heavy (non-hydrogen) atoms. The van der Waals surface area contributed by atoms with Crippen LogP contribution in [-0.2, 0) is 6.54 Å². The maximum atomic E-state index is 5.25. The number of nitrogens with two attached hydrogens (primary N) is 1. The van der Waals surface area contributed by atoms with Crippen molar-refractivity contribution in [2.75, 3.05) is 14.2 Å². The van der Waals surface area contributed by atoms with Gasteiger partial charge in [-0.25, -0.2) is 0 Å². The quantitative estimate of drug-likeness (QED) is 0.521. The first-order chi connectivity index (χ1) is 6.72. The third-order valence-electron chi connectivity index (χ3n) is 1.85. The molecule has 0 aliphatic carbocycles. The molecule has 0 aromatic heterocycles. The molecule has 0 amide bonds. The van der Waals surface area contributed by atoms with Gasteiger partial charge in [-0.1, -0.05) is 15.9 Å². The van der Waals surface area contributed by atoms with E-state index in [4.69, 9.17) is 15.3 Å². The Morgan fingerprint density at radius 1 is 1.27 bits per heavy atom. The van der Waals surface area contributed by atoms with Crippen LogP contribution in [0.15, 0.2) is 16.6 Å². The van der Waals surface area contributed by atoms with E-state index < -0.39 is 0 Å². The van der Waals surface area contributed by atoms with E-state index in [1.807, 2.05) is 12.1 Å². The first-order valence-electron chi connectivity index (χ1n) is 4.06. The van der Waals surface area contributed by atoms with Crippen molar-refractivity contribution in [3.05, 3.63) is 22.2 Å². The summed E-state index contributed by atoms with van der Waals surface area (Å²) < 4.78 is 11.2. The second kappa shape index (κ2) is 6.90. The minimum absolute atomic E-state index is 0. The standard InChI is InChI=1S/C9H13BrN2O2.ClH/c1-13-8-3-6(5-12-11)7(10)4-9(8)14-2;/h3-4,12H,5,11H2,1-2H3;1H/p-1. The Morgan fingerprint density at radius 2 is 1.80 bits per heavy atom. The van der Waals surface area contributed by atoms with Gasteiger partial charge in [0.2, 0.25) is 0 Å². The van der Waals surface area contributed by atoms with Crippen LogP contribution in [-0.4, -0.2) is 14.2 Å². The third kappa shape index (κ3) is 3.53. The number of halogens is 2. The molecule has 4 nitrogen and oxygen atoms in total. The highest BCUT2D eigenvalue weighted by atomic mass is 79.9. The molecule has 0 bridgehead atoms. The van der Waals surface area contributed by atoms with Gasteiger partial charge in [-0.3, -0.25) is 11.3 Å². The van der Waals surface area contributed by atoms with Gasteiger partial charge < -0.3 is 21.9 Å². The van der Waals surface area contributed by atoms with E-state index >= 15 is 0 Å². The lowest BCUT2D eigenvalue weighted by molar-refractivity contribution is -0.00000344. The molecular formula is C9H13BrClN2O2-. The molecule has 0 fully saturated rings. The Morgan fingerprint density at radius 3 is 2.27 bits per heavy atom. The largest absolute Gasteiger partial charge is 1.00 e. The number of hydrogen-bond acceptors (Lipinski definition) is 4. The first-order valence-corrected chi connectivity index (χ1v) is 4.86. The highest BCUT2D eigenvalue weighted by Crippen LogP contribution is 2.32. The first kappa shape index (κ1) is 14.5. The number of hydrogen-bond donors (Lipinski definition) is 2. The van der Waals surface area contributed by atoms with Crippen molar-refractivity contribution in [3.8, 4) is 11.5 Å². The van der Waals surface area contributed by atoms with Crippen molar-refractivity contribution in [1.82, 2.24) is 5.43 Å². The van der Waals surface area contributed by atoms with Crippen LogP contribution in [0.2, 0.25) is 0 Å². The van der Waals surface area contributed by atoms with Gasteiger partial charge in [0.05, 0.1) is 14.2 Å². The molecule has 0 saturated carbocycles. The average molecular weight is 297 g/mol. The molecule has 0 saturated heterocycles. The van der Waals surface area contributed by atoms with Crippen molar-refractivity contribution in [2.24, 2.45) is 5.84 Å². The van der Waals surface area contributed by atoms with Gasteiger partial charge in [-0.2, -0.15) is 0 Å². The number of benzene rings is 1. The summed E-state index contributed by atoms with van der Waals surface area (Å²) in [5, 5.41) is 0. The van der Waals surface area contributed by atoms with Gasteiger partial charge in [0.25, 0.3) is 0 Å². The van der Waals surface area contributed by atoms with Crippen LogP contribution < -0.4 is 33.1 Å². The molecular weight excluding hydrogens is 283 g/mol. The van der Waals surface area contributed by atoms with Crippen molar-refractivity contribution in [2.45, 2.75) is 6.54 Å². The fourth-order valence-corrected chi connectivity index (χ4v) is 1.60. The van der Waals surface area contributed by atoms with Crippen molar-refractivity contribution in [1.29, 1.82) is 0 Å². The molecule has 0 aliphatic heterocycles. The highest BCUT2D eigenvalue weighted by molar-refractivity contribution is 9.10. The SMILES string of the molecule is COc1cc(Br)c(CNN)cc1OC.[Cl-]. The van der Waals surface area contributed by atoms with E-state index in [0.29, 0.717) is 18.0 Å². The molecule has 0 unspecified atom stereocenters. The topological polar surface area (TPSA) is 56.5 Å². The van der Waals surface area contributed by atoms with Crippen LogP contribution in [0.1, 0.15) is 5.56 Å². The molecule has 0 spiro atoms. The summed E-state index contributed by atoms with van der Waals surface area (Å²) in [6, 6.07) is 3.73. The summed E-state index contributed by atoms with van der Waals surface area (Å²) in [5.41, 5.74) is 3.61. The molecule has 0 heterocycles.